The van der Waals surface area contributed by atoms with Crippen LogP contribution in [0.5, 0.6) is 0 Å². The molecule has 128 valence electrons. The molecular formula is C18H21NO4S. The molecule has 24 heavy (non-hydrogen) atoms. The Balaban J connectivity index is 1.90. The number of hydrogen-bond donors (Lipinski definition) is 0. The van der Waals surface area contributed by atoms with Gasteiger partial charge in [-0.1, -0.05) is 6.42 Å². The summed E-state index contributed by atoms with van der Waals surface area (Å²) in [6.45, 7) is 3.93. The SMILES string of the molecule is CC1CCCC(C)N1S(=O)(=O)c1ccc(-c2ccc(C=O)o2)cc1. The van der Waals surface area contributed by atoms with Gasteiger partial charge in [0.25, 0.3) is 0 Å². The first-order valence-electron chi connectivity index (χ1n) is 8.12. The summed E-state index contributed by atoms with van der Waals surface area (Å²) in [6.07, 6.45) is 3.48. The van der Waals surface area contributed by atoms with Crippen LogP contribution in [-0.4, -0.2) is 31.1 Å². The molecule has 0 saturated carbocycles. The fourth-order valence-corrected chi connectivity index (χ4v) is 5.24. The van der Waals surface area contributed by atoms with Gasteiger partial charge in [0.05, 0.1) is 4.90 Å². The van der Waals surface area contributed by atoms with Crippen molar-refractivity contribution in [3.05, 3.63) is 42.2 Å². The average molecular weight is 347 g/mol. The standard InChI is InChI=1S/C18H21NO4S/c1-13-4-3-5-14(2)19(13)24(21,22)17-9-6-15(7-10-17)18-11-8-16(12-20)23-18/h6-14H,3-5H2,1-2H3. The Morgan fingerprint density at radius 2 is 1.67 bits per heavy atom. The van der Waals surface area contributed by atoms with Gasteiger partial charge >= 0.3 is 0 Å². The highest BCUT2D eigenvalue weighted by atomic mass is 32.2. The molecule has 2 atom stereocenters. The van der Waals surface area contributed by atoms with E-state index in [0.717, 1.165) is 24.8 Å². The lowest BCUT2D eigenvalue weighted by atomic mass is 10.0. The summed E-state index contributed by atoms with van der Waals surface area (Å²) in [5.41, 5.74) is 0.738. The van der Waals surface area contributed by atoms with E-state index in [-0.39, 0.29) is 22.7 Å². The van der Waals surface area contributed by atoms with Crippen molar-refractivity contribution in [2.24, 2.45) is 0 Å². The molecule has 1 aliphatic heterocycles. The van der Waals surface area contributed by atoms with Crippen LogP contribution in [0.4, 0.5) is 0 Å². The zero-order chi connectivity index (χ0) is 17.3. The molecule has 0 radical (unpaired) electrons. The highest BCUT2D eigenvalue weighted by molar-refractivity contribution is 7.89. The molecule has 1 saturated heterocycles. The van der Waals surface area contributed by atoms with Crippen LogP contribution < -0.4 is 0 Å². The first kappa shape index (κ1) is 16.9. The molecule has 0 aliphatic carbocycles. The van der Waals surface area contributed by atoms with Crippen LogP contribution in [-0.2, 0) is 10.0 Å². The van der Waals surface area contributed by atoms with Crippen molar-refractivity contribution in [2.45, 2.75) is 50.1 Å². The molecule has 2 unspecified atom stereocenters. The number of hydrogen-bond acceptors (Lipinski definition) is 4. The topological polar surface area (TPSA) is 67.6 Å². The Morgan fingerprint density at radius 3 is 2.21 bits per heavy atom. The molecule has 0 bridgehead atoms. The molecule has 5 nitrogen and oxygen atoms in total. The Labute approximate surface area is 142 Å². The molecule has 0 amide bonds. The quantitative estimate of drug-likeness (QED) is 0.791. The van der Waals surface area contributed by atoms with Crippen LogP contribution in [0.25, 0.3) is 11.3 Å². The van der Waals surface area contributed by atoms with Crippen LogP contribution in [0.2, 0.25) is 0 Å². The maximum absolute atomic E-state index is 13.0. The van der Waals surface area contributed by atoms with Crippen LogP contribution in [0.3, 0.4) is 0 Å². The van der Waals surface area contributed by atoms with Crippen molar-refractivity contribution in [2.75, 3.05) is 0 Å². The van der Waals surface area contributed by atoms with Crippen molar-refractivity contribution >= 4 is 16.3 Å². The lowest BCUT2D eigenvalue weighted by Gasteiger charge is -2.37. The van der Waals surface area contributed by atoms with Gasteiger partial charge in [-0.15, -0.1) is 0 Å². The molecular weight excluding hydrogens is 326 g/mol. The second-order valence-corrected chi connectivity index (χ2v) is 8.15. The molecule has 0 N–H and O–H groups in total. The number of rotatable bonds is 4. The summed E-state index contributed by atoms with van der Waals surface area (Å²) < 4.78 is 32.9. The second kappa shape index (κ2) is 6.53. The third kappa shape index (κ3) is 3.03. The van der Waals surface area contributed by atoms with Crippen molar-refractivity contribution in [1.29, 1.82) is 0 Å². The molecule has 1 aromatic heterocycles. The van der Waals surface area contributed by atoms with E-state index in [9.17, 15) is 13.2 Å². The van der Waals surface area contributed by atoms with E-state index in [4.69, 9.17) is 4.42 Å². The van der Waals surface area contributed by atoms with E-state index in [1.54, 1.807) is 40.7 Å². The molecule has 3 rings (SSSR count). The van der Waals surface area contributed by atoms with E-state index in [0.29, 0.717) is 12.0 Å². The van der Waals surface area contributed by atoms with Crippen LogP contribution in [0.15, 0.2) is 45.7 Å². The van der Waals surface area contributed by atoms with Crippen LogP contribution in [0, 0.1) is 0 Å². The molecule has 1 aliphatic rings. The maximum atomic E-state index is 13.0. The minimum absolute atomic E-state index is 0.0126. The Kier molecular flexibility index (Phi) is 4.60. The number of piperidine rings is 1. The summed E-state index contributed by atoms with van der Waals surface area (Å²) >= 11 is 0. The zero-order valence-electron chi connectivity index (χ0n) is 13.8. The maximum Gasteiger partial charge on any atom is 0.243 e. The zero-order valence-corrected chi connectivity index (χ0v) is 14.6. The normalized spacial score (nSPS) is 22.4. The number of aldehydes is 1. The number of sulfonamides is 1. The average Bonchev–Trinajstić information content (AvgIpc) is 3.04. The highest BCUT2D eigenvalue weighted by Crippen LogP contribution is 2.30. The monoisotopic (exact) mass is 347 g/mol. The number of nitrogens with zero attached hydrogens (tertiary/aromatic N) is 1. The van der Waals surface area contributed by atoms with E-state index in [1.807, 2.05) is 13.8 Å². The van der Waals surface area contributed by atoms with E-state index in [1.165, 1.54) is 0 Å². The van der Waals surface area contributed by atoms with E-state index < -0.39 is 10.0 Å². The first-order valence-corrected chi connectivity index (χ1v) is 9.56. The van der Waals surface area contributed by atoms with Crippen molar-refractivity contribution in [3.63, 3.8) is 0 Å². The van der Waals surface area contributed by atoms with Gasteiger partial charge in [-0.2, -0.15) is 4.31 Å². The van der Waals surface area contributed by atoms with E-state index in [2.05, 4.69) is 0 Å². The number of furan rings is 1. The summed E-state index contributed by atoms with van der Waals surface area (Å²) in [7, 11) is -3.51. The predicted molar refractivity (Wildman–Crippen MR) is 91.3 cm³/mol. The largest absolute Gasteiger partial charge is 0.453 e. The fourth-order valence-electron chi connectivity index (χ4n) is 3.36. The van der Waals surface area contributed by atoms with Crippen LogP contribution >= 0.6 is 0 Å². The third-order valence-corrected chi connectivity index (χ3v) is 6.71. The van der Waals surface area contributed by atoms with Gasteiger partial charge < -0.3 is 4.42 Å². The third-order valence-electron chi connectivity index (χ3n) is 4.57. The Bertz CT molecular complexity index is 813. The van der Waals surface area contributed by atoms with Crippen molar-refractivity contribution < 1.29 is 17.6 Å². The number of carbonyl (C=O) groups is 1. The lowest BCUT2D eigenvalue weighted by molar-refractivity contribution is 0.110. The molecule has 0 spiro atoms. The summed E-state index contributed by atoms with van der Waals surface area (Å²) in [6, 6.07) is 9.92. The molecule has 6 heteroatoms. The lowest BCUT2D eigenvalue weighted by Crippen LogP contribution is -2.47. The second-order valence-electron chi connectivity index (χ2n) is 6.31. The molecule has 1 aromatic carbocycles. The van der Waals surface area contributed by atoms with Crippen LogP contribution in [0.1, 0.15) is 43.7 Å². The van der Waals surface area contributed by atoms with Gasteiger partial charge in [-0.3, -0.25) is 4.79 Å². The van der Waals surface area contributed by atoms with Gasteiger partial charge in [-0.25, -0.2) is 8.42 Å². The van der Waals surface area contributed by atoms with Gasteiger partial charge in [0.15, 0.2) is 12.0 Å². The minimum atomic E-state index is -3.51. The molecule has 2 heterocycles. The summed E-state index contributed by atoms with van der Waals surface area (Å²) in [5, 5.41) is 0. The van der Waals surface area contributed by atoms with E-state index >= 15 is 0 Å². The smallest absolute Gasteiger partial charge is 0.243 e. The highest BCUT2D eigenvalue weighted by Gasteiger charge is 2.35. The Hall–Kier alpha value is -1.92. The molecule has 1 fully saturated rings. The Morgan fingerprint density at radius 1 is 1.04 bits per heavy atom. The van der Waals surface area contributed by atoms with Crippen molar-refractivity contribution in [3.8, 4) is 11.3 Å². The number of benzene rings is 1. The summed E-state index contributed by atoms with van der Waals surface area (Å²) in [5.74, 6) is 0.790. The predicted octanol–water partition coefficient (Wildman–Crippen LogP) is 3.71. The first-order chi connectivity index (χ1) is 11.4. The summed E-state index contributed by atoms with van der Waals surface area (Å²) in [4.78, 5) is 11.0. The minimum Gasteiger partial charge on any atom is -0.453 e. The fraction of sp³-hybridized carbons (Fsp3) is 0.389. The van der Waals surface area contributed by atoms with Gasteiger partial charge in [0, 0.05) is 17.6 Å². The van der Waals surface area contributed by atoms with Gasteiger partial charge in [0.2, 0.25) is 10.0 Å². The van der Waals surface area contributed by atoms with Gasteiger partial charge in [-0.05, 0) is 63.1 Å². The molecule has 2 aromatic rings. The van der Waals surface area contributed by atoms with Gasteiger partial charge in [0.1, 0.15) is 5.76 Å². The van der Waals surface area contributed by atoms with Crippen molar-refractivity contribution in [1.82, 2.24) is 4.31 Å². The number of carbonyl (C=O) groups excluding carboxylic acids is 1.